The van der Waals surface area contributed by atoms with Gasteiger partial charge in [0.2, 0.25) is 0 Å². The largest absolute Gasteiger partial charge is 0.487 e. The highest BCUT2D eigenvalue weighted by Crippen LogP contribution is 2.35. The molecule has 0 spiro atoms. The molecule has 0 radical (unpaired) electrons. The third-order valence-electron chi connectivity index (χ3n) is 5.04. The van der Waals surface area contributed by atoms with E-state index in [0.717, 1.165) is 24.5 Å². The fourth-order valence-electron chi connectivity index (χ4n) is 3.30. The predicted molar refractivity (Wildman–Crippen MR) is 143 cm³/mol. The van der Waals surface area contributed by atoms with Crippen LogP contribution in [-0.2, 0) is 13.0 Å². The molecule has 33 heavy (non-hydrogen) atoms. The minimum atomic E-state index is -0.203. The van der Waals surface area contributed by atoms with Crippen LogP contribution in [0.1, 0.15) is 29.4 Å². The fourth-order valence-corrected chi connectivity index (χ4v) is 5.11. The van der Waals surface area contributed by atoms with Gasteiger partial charge in [-0.1, -0.05) is 52.7 Å². The van der Waals surface area contributed by atoms with Crippen LogP contribution in [0, 0.1) is 6.92 Å². The Hall–Kier alpha value is -2.29. The Morgan fingerprint density at radius 1 is 1.03 bits per heavy atom. The predicted octanol–water partition coefficient (Wildman–Crippen LogP) is 7.02. The second kappa shape index (κ2) is 10.3. The van der Waals surface area contributed by atoms with Crippen molar-refractivity contribution in [3.05, 3.63) is 101 Å². The first-order chi connectivity index (χ1) is 15.9. The minimum absolute atomic E-state index is 0.203. The highest BCUT2D eigenvalue weighted by atomic mass is 79.9. The summed E-state index contributed by atoms with van der Waals surface area (Å²) >= 11 is 10.6. The average Bonchev–Trinajstić information content (AvgIpc) is 2.79. The van der Waals surface area contributed by atoms with Gasteiger partial charge in [-0.2, -0.15) is 9.78 Å². The van der Waals surface area contributed by atoms with Gasteiger partial charge in [0.05, 0.1) is 26.1 Å². The lowest BCUT2D eigenvalue weighted by molar-refractivity contribution is 0.302. The van der Waals surface area contributed by atoms with E-state index < -0.39 is 0 Å². The number of hydrogen-bond acceptors (Lipinski definition) is 4. The number of hydrogen-bond donors (Lipinski definition) is 0. The van der Waals surface area contributed by atoms with E-state index in [1.54, 1.807) is 12.3 Å². The summed E-state index contributed by atoms with van der Waals surface area (Å²) in [5.74, 6) is 1.30. The molecule has 0 N–H and O–H groups in total. The summed E-state index contributed by atoms with van der Waals surface area (Å²) in [6.45, 7) is 4.47. The highest BCUT2D eigenvalue weighted by Gasteiger charge is 2.11. The zero-order chi connectivity index (χ0) is 23.5. The van der Waals surface area contributed by atoms with E-state index in [1.165, 1.54) is 10.2 Å². The molecule has 0 unspecified atom stereocenters. The molecule has 0 fully saturated rings. The summed E-state index contributed by atoms with van der Waals surface area (Å²) in [7, 11) is 0. The van der Waals surface area contributed by atoms with Gasteiger partial charge in [-0.3, -0.25) is 4.79 Å². The molecule has 0 aliphatic rings. The summed E-state index contributed by atoms with van der Waals surface area (Å²) in [5.41, 5.74) is 3.56. The molecule has 4 aromatic rings. The molecule has 3 aromatic carbocycles. The molecule has 0 amide bonds. The Balaban J connectivity index is 1.62. The van der Waals surface area contributed by atoms with E-state index in [0.29, 0.717) is 35.5 Å². The van der Waals surface area contributed by atoms with Gasteiger partial charge < -0.3 is 4.74 Å². The van der Waals surface area contributed by atoms with Crippen LogP contribution in [-0.4, -0.2) is 15.9 Å². The minimum Gasteiger partial charge on any atom is -0.487 e. The van der Waals surface area contributed by atoms with Crippen molar-refractivity contribution in [2.75, 3.05) is 0 Å². The Morgan fingerprint density at radius 3 is 2.39 bits per heavy atom. The SMILES string of the molecule is CCc1nc2ccc(Br)cc2c(=O)n1N=Cc1cc(Br)c(OCc2ccc(C)cc2)c(Br)c1. The van der Waals surface area contributed by atoms with Crippen molar-refractivity contribution >= 4 is 64.9 Å². The first-order valence-corrected chi connectivity index (χ1v) is 12.7. The molecule has 0 bridgehead atoms. The second-order valence-electron chi connectivity index (χ2n) is 7.49. The van der Waals surface area contributed by atoms with Crippen LogP contribution in [0.5, 0.6) is 5.75 Å². The van der Waals surface area contributed by atoms with Crippen molar-refractivity contribution in [1.82, 2.24) is 9.66 Å². The van der Waals surface area contributed by atoms with Gasteiger partial charge in [0.15, 0.2) is 0 Å². The maximum absolute atomic E-state index is 13.1. The number of aryl methyl sites for hydroxylation is 2. The van der Waals surface area contributed by atoms with Gasteiger partial charge in [-0.05, 0) is 80.2 Å². The van der Waals surface area contributed by atoms with Crippen molar-refractivity contribution in [1.29, 1.82) is 0 Å². The summed E-state index contributed by atoms with van der Waals surface area (Å²) in [5, 5.41) is 4.97. The lowest BCUT2D eigenvalue weighted by Crippen LogP contribution is -2.22. The molecule has 4 rings (SSSR count). The number of halogens is 3. The van der Waals surface area contributed by atoms with Crippen LogP contribution in [0.15, 0.2) is 77.9 Å². The van der Waals surface area contributed by atoms with Crippen molar-refractivity contribution in [2.24, 2.45) is 5.10 Å². The van der Waals surface area contributed by atoms with E-state index in [-0.39, 0.29) is 5.56 Å². The van der Waals surface area contributed by atoms with Gasteiger partial charge in [0.1, 0.15) is 18.2 Å². The molecule has 5 nitrogen and oxygen atoms in total. The zero-order valence-corrected chi connectivity index (χ0v) is 22.7. The van der Waals surface area contributed by atoms with E-state index in [9.17, 15) is 4.79 Å². The molecule has 168 valence electrons. The smallest absolute Gasteiger partial charge is 0.282 e. The summed E-state index contributed by atoms with van der Waals surface area (Å²) in [6, 6.07) is 17.5. The van der Waals surface area contributed by atoms with Crippen molar-refractivity contribution in [3.8, 4) is 5.75 Å². The van der Waals surface area contributed by atoms with Crippen LogP contribution < -0.4 is 10.3 Å². The Kier molecular flexibility index (Phi) is 7.46. The zero-order valence-electron chi connectivity index (χ0n) is 18.0. The van der Waals surface area contributed by atoms with Crippen LogP contribution in [0.4, 0.5) is 0 Å². The molecule has 8 heteroatoms. The van der Waals surface area contributed by atoms with Crippen LogP contribution in [0.2, 0.25) is 0 Å². The maximum atomic E-state index is 13.1. The van der Waals surface area contributed by atoms with Gasteiger partial charge in [-0.15, -0.1) is 0 Å². The number of rotatable bonds is 6. The Morgan fingerprint density at radius 2 is 1.73 bits per heavy atom. The molecular weight excluding hydrogens is 614 g/mol. The second-order valence-corrected chi connectivity index (χ2v) is 10.1. The molecule has 0 atom stereocenters. The van der Waals surface area contributed by atoms with Crippen LogP contribution in [0.25, 0.3) is 10.9 Å². The number of benzene rings is 3. The number of ether oxygens (including phenoxy) is 1. The lowest BCUT2D eigenvalue weighted by atomic mass is 10.2. The Bertz CT molecular complexity index is 1390. The van der Waals surface area contributed by atoms with Gasteiger partial charge in [0.25, 0.3) is 5.56 Å². The van der Waals surface area contributed by atoms with E-state index >= 15 is 0 Å². The van der Waals surface area contributed by atoms with Crippen molar-refractivity contribution in [2.45, 2.75) is 26.9 Å². The van der Waals surface area contributed by atoms with Crippen LogP contribution in [0.3, 0.4) is 0 Å². The molecule has 1 aromatic heterocycles. The first kappa shape index (κ1) is 23.9. The monoisotopic (exact) mass is 631 g/mol. The average molecular weight is 634 g/mol. The van der Waals surface area contributed by atoms with E-state index in [1.807, 2.05) is 31.2 Å². The van der Waals surface area contributed by atoms with Crippen molar-refractivity contribution < 1.29 is 4.74 Å². The van der Waals surface area contributed by atoms with Gasteiger partial charge in [-0.25, -0.2) is 4.98 Å². The number of fused-ring (bicyclic) bond motifs is 1. The number of nitrogens with zero attached hydrogens (tertiary/aromatic N) is 3. The highest BCUT2D eigenvalue weighted by molar-refractivity contribution is 9.11. The standard InChI is InChI=1S/C25H20Br3N3O2/c1-3-23-30-22-9-8-18(26)12-19(22)25(32)31(23)29-13-17-10-20(27)24(21(28)11-17)33-14-16-6-4-15(2)5-7-16/h4-13H,3,14H2,1-2H3. The number of aromatic nitrogens is 2. The van der Waals surface area contributed by atoms with Crippen molar-refractivity contribution in [3.63, 3.8) is 0 Å². The first-order valence-electron chi connectivity index (χ1n) is 10.3. The quantitative estimate of drug-likeness (QED) is 0.215. The topological polar surface area (TPSA) is 56.5 Å². The van der Waals surface area contributed by atoms with Crippen LogP contribution >= 0.6 is 47.8 Å². The van der Waals surface area contributed by atoms with E-state index in [2.05, 4.69) is 89.1 Å². The molecular formula is C25H20Br3N3O2. The molecule has 0 aliphatic carbocycles. The third kappa shape index (κ3) is 5.45. The maximum Gasteiger partial charge on any atom is 0.282 e. The molecule has 1 heterocycles. The van der Waals surface area contributed by atoms with E-state index in [4.69, 9.17) is 4.74 Å². The van der Waals surface area contributed by atoms with Gasteiger partial charge >= 0.3 is 0 Å². The summed E-state index contributed by atoms with van der Waals surface area (Å²) in [6.07, 6.45) is 2.23. The normalized spacial score (nSPS) is 11.4. The summed E-state index contributed by atoms with van der Waals surface area (Å²) in [4.78, 5) is 17.7. The Labute approximate surface area is 216 Å². The summed E-state index contributed by atoms with van der Waals surface area (Å²) < 4.78 is 9.77. The molecule has 0 saturated carbocycles. The molecule has 0 aliphatic heterocycles. The lowest BCUT2D eigenvalue weighted by Gasteiger charge is -2.12. The fraction of sp³-hybridized carbons (Fsp3) is 0.160. The third-order valence-corrected chi connectivity index (χ3v) is 6.71. The molecule has 0 saturated heterocycles. The van der Waals surface area contributed by atoms with Gasteiger partial charge in [0, 0.05) is 10.9 Å².